The van der Waals surface area contributed by atoms with Gasteiger partial charge in [-0.25, -0.2) is 0 Å². The van der Waals surface area contributed by atoms with Gasteiger partial charge in [0, 0.05) is 44.1 Å². The molecule has 0 N–H and O–H groups in total. The van der Waals surface area contributed by atoms with Crippen LogP contribution in [-0.2, 0) is 27.3 Å². The molecule has 0 aromatic carbocycles. The van der Waals surface area contributed by atoms with Crippen LogP contribution in [0.3, 0.4) is 0 Å². The largest absolute Gasteiger partial charge is 0.381 e. The molecule has 1 saturated heterocycles. The van der Waals surface area contributed by atoms with E-state index in [9.17, 15) is 14.4 Å². The third-order valence-electron chi connectivity index (χ3n) is 6.54. The van der Waals surface area contributed by atoms with Crippen LogP contribution in [0.1, 0.15) is 46.5 Å². The maximum absolute atomic E-state index is 13.1. The summed E-state index contributed by atoms with van der Waals surface area (Å²) in [4.78, 5) is 45.3. The number of likely N-dealkylation sites (N-methyl/N-ethyl adjacent to an activating group) is 1. The van der Waals surface area contributed by atoms with Gasteiger partial charge in [-0.05, 0) is 43.6 Å². The van der Waals surface area contributed by atoms with E-state index in [1.807, 2.05) is 9.80 Å². The van der Waals surface area contributed by atoms with E-state index in [0.717, 1.165) is 41.1 Å². The molecule has 1 aromatic rings. The first-order chi connectivity index (χ1) is 14.0. The molecule has 1 aromatic heterocycles. The number of hydrogen-bond donors (Lipinski definition) is 0. The molecule has 4 aliphatic rings. The van der Waals surface area contributed by atoms with Gasteiger partial charge in [0.15, 0.2) is 0 Å². The molecule has 2 fully saturated rings. The molecule has 0 atom stereocenters. The van der Waals surface area contributed by atoms with Gasteiger partial charge in [-0.2, -0.15) is 0 Å². The molecule has 3 aliphatic heterocycles. The average molecular weight is 418 g/mol. The highest BCUT2D eigenvalue weighted by Crippen LogP contribution is 2.43. The third kappa shape index (κ3) is 3.46. The van der Waals surface area contributed by atoms with Crippen molar-refractivity contribution in [3.8, 4) is 0 Å². The number of carbonyl (C=O) groups is 3. The van der Waals surface area contributed by atoms with Crippen molar-refractivity contribution in [2.24, 2.45) is 11.8 Å². The third-order valence-corrected chi connectivity index (χ3v) is 7.78. The molecule has 0 spiro atoms. The predicted molar refractivity (Wildman–Crippen MR) is 109 cm³/mol. The fourth-order valence-electron chi connectivity index (χ4n) is 4.60. The lowest BCUT2D eigenvalue weighted by Crippen LogP contribution is -2.41. The summed E-state index contributed by atoms with van der Waals surface area (Å²) in [5.74, 6) is 0.741. The van der Waals surface area contributed by atoms with Crippen molar-refractivity contribution in [2.75, 3.05) is 44.8 Å². The number of ether oxygens (including phenoxy) is 1. The Morgan fingerprint density at radius 1 is 1.14 bits per heavy atom. The quantitative estimate of drug-likeness (QED) is 0.753. The van der Waals surface area contributed by atoms with Gasteiger partial charge in [0.25, 0.3) is 5.91 Å². The van der Waals surface area contributed by atoms with Crippen LogP contribution in [0.5, 0.6) is 0 Å². The van der Waals surface area contributed by atoms with Crippen molar-refractivity contribution in [3.63, 3.8) is 0 Å². The van der Waals surface area contributed by atoms with Crippen LogP contribution in [0.15, 0.2) is 0 Å². The first kappa shape index (κ1) is 19.1. The molecule has 156 valence electrons. The minimum absolute atomic E-state index is 0.000218. The van der Waals surface area contributed by atoms with E-state index in [1.165, 1.54) is 0 Å². The second kappa shape index (κ2) is 7.40. The van der Waals surface area contributed by atoms with Crippen LogP contribution >= 0.6 is 11.3 Å². The normalized spacial score (nSPS) is 23.1. The van der Waals surface area contributed by atoms with E-state index in [2.05, 4.69) is 0 Å². The van der Waals surface area contributed by atoms with Crippen LogP contribution in [0, 0.1) is 11.8 Å². The molecule has 8 heteroatoms. The molecule has 1 aliphatic carbocycles. The average Bonchev–Trinajstić information content (AvgIpc) is 3.49. The van der Waals surface area contributed by atoms with Gasteiger partial charge in [-0.3, -0.25) is 14.4 Å². The van der Waals surface area contributed by atoms with Crippen LogP contribution in [0.4, 0.5) is 5.00 Å². The number of thiophene rings is 1. The Bertz CT molecular complexity index is 856. The Hall–Kier alpha value is -1.93. The van der Waals surface area contributed by atoms with Gasteiger partial charge in [0.05, 0.1) is 12.1 Å². The highest BCUT2D eigenvalue weighted by Gasteiger charge is 2.39. The number of carbonyl (C=O) groups excluding carboxylic acids is 3. The van der Waals surface area contributed by atoms with Crippen molar-refractivity contribution in [1.29, 1.82) is 0 Å². The maximum Gasteiger partial charge on any atom is 0.257 e. The minimum Gasteiger partial charge on any atom is -0.381 e. The lowest BCUT2D eigenvalue weighted by atomic mass is 9.96. The highest BCUT2D eigenvalue weighted by molar-refractivity contribution is 7.17. The van der Waals surface area contributed by atoms with Crippen LogP contribution in [-0.4, -0.2) is 67.4 Å². The molecule has 29 heavy (non-hydrogen) atoms. The van der Waals surface area contributed by atoms with E-state index in [4.69, 9.17) is 4.74 Å². The molecule has 0 radical (unpaired) electrons. The molecule has 5 rings (SSSR count). The molecule has 1 saturated carbocycles. The first-order valence-electron chi connectivity index (χ1n) is 10.6. The summed E-state index contributed by atoms with van der Waals surface area (Å²) in [5.41, 5.74) is 1.76. The minimum atomic E-state index is -0.0617. The molecular weight excluding hydrogens is 390 g/mol. The topological polar surface area (TPSA) is 70.2 Å². The second-order valence-corrected chi connectivity index (χ2v) is 9.77. The van der Waals surface area contributed by atoms with Crippen molar-refractivity contribution in [1.82, 2.24) is 9.80 Å². The second-order valence-electron chi connectivity index (χ2n) is 8.69. The van der Waals surface area contributed by atoms with Gasteiger partial charge < -0.3 is 19.4 Å². The summed E-state index contributed by atoms with van der Waals surface area (Å²) in [6.45, 7) is 3.34. The number of nitrogens with zero attached hydrogens (tertiary/aromatic N) is 3. The number of anilines is 1. The standard InChI is InChI=1S/C21H27N3O4S/c1-22-12-17(25)24(10-13-2-3-13)21-18(20(22)27)15-4-7-23(11-16(15)29-21)19(26)14-5-8-28-9-6-14/h13-14H,2-12H2,1H3. The first-order valence-corrected chi connectivity index (χ1v) is 11.4. The summed E-state index contributed by atoms with van der Waals surface area (Å²) in [6.07, 6.45) is 4.57. The van der Waals surface area contributed by atoms with Crippen molar-refractivity contribution < 1.29 is 19.1 Å². The van der Waals surface area contributed by atoms with Gasteiger partial charge in [-0.15, -0.1) is 11.3 Å². The molecular formula is C21H27N3O4S. The van der Waals surface area contributed by atoms with E-state index in [0.29, 0.717) is 50.8 Å². The molecule has 0 unspecified atom stereocenters. The van der Waals surface area contributed by atoms with E-state index >= 15 is 0 Å². The number of fused-ring (bicyclic) bond motifs is 3. The Morgan fingerprint density at radius 2 is 1.90 bits per heavy atom. The van der Waals surface area contributed by atoms with Gasteiger partial charge in [-0.1, -0.05) is 0 Å². The smallest absolute Gasteiger partial charge is 0.257 e. The van der Waals surface area contributed by atoms with E-state index < -0.39 is 0 Å². The fourth-order valence-corrected chi connectivity index (χ4v) is 5.98. The summed E-state index contributed by atoms with van der Waals surface area (Å²) < 4.78 is 5.39. The van der Waals surface area contributed by atoms with E-state index in [-0.39, 0.29) is 30.2 Å². The zero-order valence-corrected chi connectivity index (χ0v) is 17.6. The van der Waals surface area contributed by atoms with Crippen molar-refractivity contribution >= 4 is 34.1 Å². The Balaban J connectivity index is 1.45. The SMILES string of the molecule is CN1CC(=O)N(CC2CC2)c2sc3c(c2C1=O)CCN(C(=O)C1CCOCC1)C3. The lowest BCUT2D eigenvalue weighted by Gasteiger charge is -2.32. The van der Waals surface area contributed by atoms with Crippen molar-refractivity contribution in [2.45, 2.75) is 38.6 Å². The summed E-state index contributed by atoms with van der Waals surface area (Å²) in [5, 5.41) is 0.807. The Kier molecular flexibility index (Phi) is 4.86. The number of hydrogen-bond acceptors (Lipinski definition) is 5. The number of amides is 3. The predicted octanol–water partition coefficient (Wildman–Crippen LogP) is 1.89. The fraction of sp³-hybridized carbons (Fsp3) is 0.667. The van der Waals surface area contributed by atoms with Gasteiger partial charge >= 0.3 is 0 Å². The molecule has 7 nitrogen and oxygen atoms in total. The van der Waals surface area contributed by atoms with Gasteiger partial charge in [0.2, 0.25) is 11.8 Å². The van der Waals surface area contributed by atoms with Crippen LogP contribution in [0.25, 0.3) is 0 Å². The summed E-state index contributed by atoms with van der Waals surface area (Å²) >= 11 is 1.55. The van der Waals surface area contributed by atoms with Crippen LogP contribution < -0.4 is 4.90 Å². The molecule has 4 heterocycles. The van der Waals surface area contributed by atoms with Crippen LogP contribution in [0.2, 0.25) is 0 Å². The highest BCUT2D eigenvalue weighted by atomic mass is 32.1. The maximum atomic E-state index is 13.1. The number of rotatable bonds is 3. The van der Waals surface area contributed by atoms with Crippen molar-refractivity contribution in [3.05, 3.63) is 16.0 Å². The molecule has 0 bridgehead atoms. The zero-order valence-electron chi connectivity index (χ0n) is 16.8. The summed E-state index contributed by atoms with van der Waals surface area (Å²) in [7, 11) is 1.71. The Morgan fingerprint density at radius 3 is 2.62 bits per heavy atom. The monoisotopic (exact) mass is 417 g/mol. The summed E-state index contributed by atoms with van der Waals surface area (Å²) in [6, 6.07) is 0. The van der Waals surface area contributed by atoms with Gasteiger partial charge in [0.1, 0.15) is 11.5 Å². The lowest BCUT2D eigenvalue weighted by molar-refractivity contribution is -0.139. The Labute approximate surface area is 174 Å². The zero-order chi connectivity index (χ0) is 20.1. The molecule has 3 amide bonds. The van der Waals surface area contributed by atoms with E-state index in [1.54, 1.807) is 23.3 Å².